The van der Waals surface area contributed by atoms with Gasteiger partial charge in [-0.3, -0.25) is 9.59 Å². The number of para-hydroxylation sites is 2. The number of ether oxygens (including phenoxy) is 1. The lowest BCUT2D eigenvalue weighted by atomic mass is 10.1. The van der Waals surface area contributed by atoms with Crippen molar-refractivity contribution in [3.8, 4) is 5.75 Å². The van der Waals surface area contributed by atoms with E-state index in [1.165, 1.54) is 0 Å². The number of aryl methyl sites for hydroxylation is 1. The van der Waals surface area contributed by atoms with Crippen LogP contribution in [0.2, 0.25) is 0 Å². The standard InChI is InChI=1S/C24H23BrN2O3/c1-3-27(19-9-5-4-6-10-19)24(29)20-11-7-8-12-21(20)26-23(28)16-30-22-14-13-18(25)15-17(22)2/h4-15H,3,16H2,1-2H3,(H,26,28). The molecule has 1 N–H and O–H groups in total. The van der Waals surface area contributed by atoms with Crippen LogP contribution in [0.25, 0.3) is 0 Å². The number of nitrogens with zero attached hydrogens (tertiary/aromatic N) is 1. The molecule has 154 valence electrons. The molecule has 0 atom stereocenters. The molecule has 0 aliphatic carbocycles. The molecule has 0 spiro atoms. The summed E-state index contributed by atoms with van der Waals surface area (Å²) < 4.78 is 6.58. The van der Waals surface area contributed by atoms with Crippen LogP contribution < -0.4 is 15.0 Å². The van der Waals surface area contributed by atoms with Crippen molar-refractivity contribution in [3.63, 3.8) is 0 Å². The van der Waals surface area contributed by atoms with Crippen LogP contribution in [0.5, 0.6) is 5.75 Å². The van der Waals surface area contributed by atoms with E-state index in [9.17, 15) is 9.59 Å². The lowest BCUT2D eigenvalue weighted by molar-refractivity contribution is -0.118. The molecule has 0 bridgehead atoms. The minimum atomic E-state index is -0.333. The molecule has 0 unspecified atom stereocenters. The molecule has 2 amide bonds. The van der Waals surface area contributed by atoms with Crippen molar-refractivity contribution in [3.05, 3.63) is 88.4 Å². The van der Waals surface area contributed by atoms with E-state index >= 15 is 0 Å². The quantitative estimate of drug-likeness (QED) is 0.504. The number of benzene rings is 3. The third-order valence-electron chi connectivity index (χ3n) is 4.56. The third-order valence-corrected chi connectivity index (χ3v) is 5.05. The molecule has 30 heavy (non-hydrogen) atoms. The molecule has 0 radical (unpaired) electrons. The van der Waals surface area contributed by atoms with Gasteiger partial charge in [0.05, 0.1) is 11.3 Å². The number of hydrogen-bond acceptors (Lipinski definition) is 3. The first kappa shape index (κ1) is 21.6. The number of rotatable bonds is 7. The SMILES string of the molecule is CCN(C(=O)c1ccccc1NC(=O)COc1ccc(Br)cc1C)c1ccccc1. The fourth-order valence-electron chi connectivity index (χ4n) is 3.08. The second kappa shape index (κ2) is 10.1. The second-order valence-electron chi connectivity index (χ2n) is 6.68. The molecule has 3 rings (SSSR count). The Morgan fingerprint density at radius 3 is 2.40 bits per heavy atom. The monoisotopic (exact) mass is 466 g/mol. The smallest absolute Gasteiger partial charge is 0.262 e. The molecular weight excluding hydrogens is 444 g/mol. The maximum absolute atomic E-state index is 13.2. The first-order chi connectivity index (χ1) is 14.5. The predicted molar refractivity (Wildman–Crippen MR) is 123 cm³/mol. The van der Waals surface area contributed by atoms with Gasteiger partial charge in [-0.2, -0.15) is 0 Å². The average Bonchev–Trinajstić information content (AvgIpc) is 2.75. The molecule has 0 heterocycles. The van der Waals surface area contributed by atoms with Gasteiger partial charge < -0.3 is 15.0 Å². The van der Waals surface area contributed by atoms with Gasteiger partial charge in [-0.15, -0.1) is 0 Å². The average molecular weight is 467 g/mol. The van der Waals surface area contributed by atoms with Crippen LogP contribution in [0.3, 0.4) is 0 Å². The molecule has 5 nitrogen and oxygen atoms in total. The van der Waals surface area contributed by atoms with Gasteiger partial charge in [-0.05, 0) is 61.9 Å². The zero-order valence-corrected chi connectivity index (χ0v) is 18.5. The molecule has 0 aromatic heterocycles. The number of halogens is 1. The fourth-order valence-corrected chi connectivity index (χ4v) is 3.56. The van der Waals surface area contributed by atoms with Crippen LogP contribution in [0.15, 0.2) is 77.3 Å². The highest BCUT2D eigenvalue weighted by Gasteiger charge is 2.20. The van der Waals surface area contributed by atoms with Gasteiger partial charge in [0, 0.05) is 16.7 Å². The van der Waals surface area contributed by atoms with Crippen LogP contribution in [0.1, 0.15) is 22.8 Å². The summed E-state index contributed by atoms with van der Waals surface area (Å²) >= 11 is 3.41. The van der Waals surface area contributed by atoms with E-state index in [0.717, 1.165) is 15.7 Å². The Morgan fingerprint density at radius 2 is 1.70 bits per heavy atom. The molecule has 0 fully saturated rings. The Labute approximate surface area is 184 Å². The van der Waals surface area contributed by atoms with Crippen molar-refractivity contribution in [1.82, 2.24) is 0 Å². The van der Waals surface area contributed by atoms with Gasteiger partial charge in [0.2, 0.25) is 0 Å². The van der Waals surface area contributed by atoms with Crippen molar-refractivity contribution in [2.75, 3.05) is 23.4 Å². The summed E-state index contributed by atoms with van der Waals surface area (Å²) in [6.45, 7) is 4.19. The van der Waals surface area contributed by atoms with Gasteiger partial charge in [0.1, 0.15) is 5.75 Å². The highest BCUT2D eigenvalue weighted by molar-refractivity contribution is 9.10. The summed E-state index contributed by atoms with van der Waals surface area (Å²) in [5.74, 6) is 0.128. The van der Waals surface area contributed by atoms with E-state index in [2.05, 4.69) is 21.2 Å². The third kappa shape index (κ3) is 5.27. The van der Waals surface area contributed by atoms with Crippen molar-refractivity contribution in [2.24, 2.45) is 0 Å². The lowest BCUT2D eigenvalue weighted by Gasteiger charge is -2.22. The second-order valence-corrected chi connectivity index (χ2v) is 7.59. The van der Waals surface area contributed by atoms with Crippen molar-refractivity contribution >= 4 is 39.1 Å². The molecule has 0 saturated heterocycles. The van der Waals surface area contributed by atoms with Crippen LogP contribution in [0.4, 0.5) is 11.4 Å². The van der Waals surface area contributed by atoms with Gasteiger partial charge in [0.25, 0.3) is 11.8 Å². The Kier molecular flexibility index (Phi) is 7.25. The highest BCUT2D eigenvalue weighted by atomic mass is 79.9. The number of amides is 2. The summed E-state index contributed by atoms with van der Waals surface area (Å²) in [5, 5.41) is 2.80. The number of carbonyl (C=O) groups excluding carboxylic acids is 2. The van der Waals surface area contributed by atoms with Gasteiger partial charge in [0.15, 0.2) is 6.61 Å². The van der Waals surface area contributed by atoms with E-state index < -0.39 is 0 Å². The largest absolute Gasteiger partial charge is 0.483 e. The summed E-state index contributed by atoms with van der Waals surface area (Å²) in [6.07, 6.45) is 0. The van der Waals surface area contributed by atoms with Crippen molar-refractivity contribution in [2.45, 2.75) is 13.8 Å². The predicted octanol–water partition coefficient (Wildman–Crippen LogP) is 5.44. The number of hydrogen-bond donors (Lipinski definition) is 1. The summed E-state index contributed by atoms with van der Waals surface area (Å²) in [7, 11) is 0. The summed E-state index contributed by atoms with van der Waals surface area (Å²) in [5.41, 5.74) is 2.61. The first-order valence-corrected chi connectivity index (χ1v) is 10.4. The maximum atomic E-state index is 13.2. The number of carbonyl (C=O) groups is 2. The zero-order chi connectivity index (χ0) is 21.5. The van der Waals surface area contributed by atoms with E-state index in [-0.39, 0.29) is 18.4 Å². The topological polar surface area (TPSA) is 58.6 Å². The normalized spacial score (nSPS) is 10.4. The van der Waals surface area contributed by atoms with E-state index in [0.29, 0.717) is 23.5 Å². The first-order valence-electron chi connectivity index (χ1n) is 9.64. The molecular formula is C24H23BrN2O3. The maximum Gasteiger partial charge on any atom is 0.262 e. The minimum absolute atomic E-state index is 0.152. The molecule has 6 heteroatoms. The fraction of sp³-hybridized carbons (Fsp3) is 0.167. The zero-order valence-electron chi connectivity index (χ0n) is 16.9. The van der Waals surface area contributed by atoms with Crippen LogP contribution in [-0.4, -0.2) is 25.0 Å². The summed E-state index contributed by atoms with van der Waals surface area (Å²) in [4.78, 5) is 27.3. The van der Waals surface area contributed by atoms with Crippen molar-refractivity contribution in [1.29, 1.82) is 0 Å². The Morgan fingerprint density at radius 1 is 1.00 bits per heavy atom. The van der Waals surface area contributed by atoms with Crippen LogP contribution >= 0.6 is 15.9 Å². The Balaban J connectivity index is 1.73. The Bertz CT molecular complexity index is 1040. The van der Waals surface area contributed by atoms with Crippen molar-refractivity contribution < 1.29 is 14.3 Å². The van der Waals surface area contributed by atoms with Gasteiger partial charge >= 0.3 is 0 Å². The molecule has 0 saturated carbocycles. The molecule has 3 aromatic rings. The van der Waals surface area contributed by atoms with Gasteiger partial charge in [-0.25, -0.2) is 0 Å². The Hall–Kier alpha value is -3.12. The number of anilines is 2. The minimum Gasteiger partial charge on any atom is -0.483 e. The molecule has 0 aliphatic heterocycles. The van der Waals surface area contributed by atoms with Gasteiger partial charge in [-0.1, -0.05) is 46.3 Å². The molecule has 0 aliphatic rings. The van der Waals surface area contributed by atoms with E-state index in [4.69, 9.17) is 4.74 Å². The highest BCUT2D eigenvalue weighted by Crippen LogP contribution is 2.23. The number of nitrogens with one attached hydrogen (secondary N) is 1. The van der Waals surface area contributed by atoms with Crippen LogP contribution in [0, 0.1) is 6.92 Å². The van der Waals surface area contributed by atoms with E-state index in [1.807, 2.05) is 62.4 Å². The van der Waals surface area contributed by atoms with Crippen LogP contribution in [-0.2, 0) is 4.79 Å². The molecule has 3 aromatic carbocycles. The summed E-state index contributed by atoms with van der Waals surface area (Å²) in [6, 6.07) is 22.0. The lowest BCUT2D eigenvalue weighted by Crippen LogP contribution is -2.32. The van der Waals surface area contributed by atoms with E-state index in [1.54, 1.807) is 29.2 Å².